The summed E-state index contributed by atoms with van der Waals surface area (Å²) in [5.74, 6) is 0. The van der Waals surface area contributed by atoms with Gasteiger partial charge in [-0.2, -0.15) is 0 Å². The van der Waals surface area contributed by atoms with E-state index in [-0.39, 0.29) is 0 Å². The molecule has 0 rings (SSSR count). The zero-order valence-electron chi connectivity index (χ0n) is 97.8. The number of unbranched alkanes of at least 4 members (excludes halogenated alkanes) is 3. The Morgan fingerprint density at radius 3 is 0.357 bits per heavy atom. The van der Waals surface area contributed by atoms with Gasteiger partial charge in [-0.15, -0.1) is 0 Å². The van der Waals surface area contributed by atoms with Gasteiger partial charge in [-0.05, 0) is 38.3 Å². The molecule has 0 amide bonds. The van der Waals surface area contributed by atoms with Crippen LogP contribution in [-0.2, 0) is 43.9 Å². The topological polar surface area (TPSA) is 92.3 Å². The van der Waals surface area contributed by atoms with Crippen molar-refractivity contribution < 1.29 is 43.9 Å². The fourth-order valence-corrected chi connectivity index (χ4v) is 45.6. The van der Waals surface area contributed by atoms with Crippen LogP contribution >= 0.6 is 0 Å². The number of rotatable bonds is 78. The van der Waals surface area contributed by atoms with Crippen LogP contribution in [0.3, 0.4) is 0 Å². The number of hydrogen-bond acceptors (Lipinski definition) is 10. The van der Waals surface area contributed by atoms with Crippen LogP contribution in [0.2, 0.25) is 427 Å². The Balaban J connectivity index is -0.000000518. The summed E-state index contributed by atoms with van der Waals surface area (Å²) in [4.78, 5) is 0. The van der Waals surface area contributed by atoms with Crippen molar-refractivity contribution >= 4 is 164 Å². The zero-order chi connectivity index (χ0) is 101. The predicted molar refractivity (Wildman–Crippen MR) is 648 cm³/mol. The van der Waals surface area contributed by atoms with E-state index < -0.39 is 124 Å². The highest BCUT2D eigenvalue weighted by atomic mass is 28.4. The molecule has 0 aromatic rings. The van der Waals surface area contributed by atoms with E-state index in [4.69, 9.17) is 43.9 Å². The standard InChI is InChI=1S/C32H80B2OSi6.C18H45BO9Si3.C18H45BSi3.C16H39BSi2.C14H33BSi/c1-36(2,3)27-17-21-33(22-18-28-37(4,5)6)25-31-40(13,14)35-41(15,16)32-26-34(23-19-29-38(7,8)9)24-20-30-39(10,11)12;1-20-29(21-2,22-3)16-10-13-19(14-11-17-30(23-4,24-5)25-6)15-12-18-31(26-7,27-8)28-9;1-20(2,3)16-10-13-19(14-11-17-21(4,5)6)15-12-18-22(7,8)9;1-8-9-12-17(13-10-15-18(2,3)4)14-11-16-19(5,6)7;1-6-8-11-15(12-9-7-2)13-10-14-16(3,4)5/h17-32H2,1-16H3;10-18H2,1-9H3;10-18H2,1-9H3;8-16H2,1-7H3;6-14H2,1-5H3. The first kappa shape index (κ1) is 141. The first-order valence-electron chi connectivity index (χ1n) is 54.7. The molecule has 10 nitrogen and oxygen atoms in total. The van der Waals surface area contributed by atoms with E-state index >= 15 is 0 Å². The lowest BCUT2D eigenvalue weighted by molar-refractivity contribution is 0.123. The molecule has 0 saturated carbocycles. The molecule has 0 unspecified atom stereocenters. The third-order valence-electron chi connectivity index (χ3n) is 27.2. The molecule has 0 aliphatic carbocycles. The quantitative estimate of drug-likeness (QED) is 0.0548. The molecule has 0 spiro atoms. The van der Waals surface area contributed by atoms with Crippen molar-refractivity contribution in [2.24, 2.45) is 0 Å². The second kappa shape index (κ2) is 74.2. The summed E-state index contributed by atoms with van der Waals surface area (Å²) in [5, 5.41) is 0. The average Bonchev–Trinajstić information content (AvgIpc) is 0.847. The van der Waals surface area contributed by atoms with E-state index in [1.165, 1.54) is 270 Å². The molecule has 0 aliphatic rings. The molecule has 0 N–H and O–H groups in total. The third-order valence-corrected chi connectivity index (χ3v) is 61.7. The smallest absolute Gasteiger partial charge is 0.456 e. The lowest BCUT2D eigenvalue weighted by Gasteiger charge is -2.35. The second-order valence-electron chi connectivity index (χ2n) is 54.4. The van der Waals surface area contributed by atoms with Gasteiger partial charge in [-0.3, -0.25) is 0 Å². The average molecular weight is 2070 g/mol. The Bertz CT molecular complexity index is 2290. The van der Waals surface area contributed by atoms with Crippen molar-refractivity contribution in [1.29, 1.82) is 0 Å². The molecule has 31 heteroatoms. The molecular formula is C98H242B6O10Si15. The van der Waals surface area contributed by atoms with Crippen LogP contribution in [0, 0.1) is 0 Å². The van der Waals surface area contributed by atoms with E-state index in [1.807, 2.05) is 0 Å². The summed E-state index contributed by atoms with van der Waals surface area (Å²) in [5.41, 5.74) is 0. The summed E-state index contributed by atoms with van der Waals surface area (Å²) in [7, 11) is -4.62. The molecule has 772 valence electrons. The molecule has 0 heterocycles. The van der Waals surface area contributed by atoms with Crippen LogP contribution in [0.5, 0.6) is 0 Å². The molecule has 129 heavy (non-hydrogen) atoms. The summed E-state index contributed by atoms with van der Waals surface area (Å²) < 4.78 is 57.3. The predicted octanol–water partition coefficient (Wildman–Crippen LogP) is 36.8. The van der Waals surface area contributed by atoms with Crippen molar-refractivity contribution in [3.05, 3.63) is 0 Å². The van der Waals surface area contributed by atoms with Crippen LogP contribution < -0.4 is 0 Å². The molecule has 0 atom stereocenters. The van der Waals surface area contributed by atoms with Crippen LogP contribution in [-0.4, -0.2) is 228 Å². The first-order chi connectivity index (χ1) is 59.0. The largest absolute Gasteiger partial charge is 0.500 e. The van der Waals surface area contributed by atoms with Gasteiger partial charge >= 0.3 is 26.4 Å². The molecule has 0 fully saturated rings. The highest BCUT2D eigenvalue weighted by Crippen LogP contribution is 2.35. The summed E-state index contributed by atoms with van der Waals surface area (Å²) >= 11 is 0. The minimum atomic E-state index is -2.55. The van der Waals surface area contributed by atoms with Gasteiger partial charge in [0.25, 0.3) is 0 Å². The van der Waals surface area contributed by atoms with Crippen molar-refractivity contribution in [2.45, 2.75) is 570 Å². The van der Waals surface area contributed by atoms with Crippen LogP contribution in [0.25, 0.3) is 0 Å². The second-order valence-corrected chi connectivity index (χ2v) is 129. The molecule has 0 aromatic heterocycles. The first-order valence-corrected chi connectivity index (χ1v) is 104. The summed E-state index contributed by atoms with van der Waals surface area (Å²) in [6.07, 6.45) is 51.7. The SMILES string of the molecule is CCCCB(CCCC)CCC[Si](C)(C)C.CCCCB(CCC[Si](C)(C)C)CCC[Si](C)(C)C.CO[Si](CCCB(CCC[Si](OC)(OC)OC)CCC[Si](OC)(OC)OC)(OC)OC.C[Si](C)(C)CCCB(CCC[Si](C)(C)C)CCC[Si](C)(C)C.C[Si](C)(C)CCCB(CCC[Si](C)(C)C)CC[Si](C)(C)O[Si](C)(C)CCB(CCC[Si](C)(C)C)CCC[Si](C)(C)C. The van der Waals surface area contributed by atoms with Gasteiger partial charge in [0.1, 0.15) is 40.3 Å². The molecule has 0 saturated heterocycles. The maximum atomic E-state index is 7.27. The fourth-order valence-electron chi connectivity index (χ4n) is 18.7. The normalized spacial score (nSPS) is 13.3. The Labute approximate surface area is 834 Å². The monoisotopic (exact) mass is 2070 g/mol. The van der Waals surface area contributed by atoms with Crippen LogP contribution in [0.1, 0.15) is 143 Å². The van der Waals surface area contributed by atoms with Gasteiger partial charge in [-0.1, -0.05) is 513 Å². The maximum Gasteiger partial charge on any atom is 0.500 e. The Kier molecular flexibility index (Phi) is 80.9. The van der Waals surface area contributed by atoms with Crippen LogP contribution in [0.4, 0.5) is 0 Å². The van der Waals surface area contributed by atoms with Crippen molar-refractivity contribution in [1.82, 2.24) is 0 Å². The van der Waals surface area contributed by atoms with E-state index in [0.717, 1.165) is 89.9 Å². The van der Waals surface area contributed by atoms with Crippen molar-refractivity contribution in [2.75, 3.05) is 64.0 Å². The lowest BCUT2D eigenvalue weighted by Crippen LogP contribution is -2.45. The Morgan fingerprint density at radius 2 is 0.248 bits per heavy atom. The van der Waals surface area contributed by atoms with Gasteiger partial charge in [0.2, 0.25) is 0 Å². The summed E-state index contributed by atoms with van der Waals surface area (Å²) in [6, 6.07) is 20.4. The van der Waals surface area contributed by atoms with Gasteiger partial charge in [0.05, 0.1) is 0 Å². The molecule has 0 bridgehead atoms. The highest BCUT2D eigenvalue weighted by molar-refractivity contribution is 6.86. The van der Waals surface area contributed by atoms with E-state index in [2.05, 4.69) is 243 Å². The summed E-state index contributed by atoms with van der Waals surface area (Å²) in [6.45, 7) is 98.6. The third kappa shape index (κ3) is 95.8. The minimum absolute atomic E-state index is 0.534. The molecular weight excluding hydrogens is 1820 g/mol. The molecule has 0 aliphatic heterocycles. The van der Waals surface area contributed by atoms with Gasteiger partial charge in [-0.25, -0.2) is 0 Å². The molecule has 0 aromatic carbocycles. The number of hydrogen-bond donors (Lipinski definition) is 0. The zero-order valence-corrected chi connectivity index (χ0v) is 113. The Hall–Kier alpha value is 3.24. The van der Waals surface area contributed by atoms with Gasteiger partial charge in [0, 0.05) is 163 Å². The lowest BCUT2D eigenvalue weighted by atomic mass is 9.41. The molecule has 0 radical (unpaired) electrons. The minimum Gasteiger partial charge on any atom is -0.456 e. The van der Waals surface area contributed by atoms with Crippen molar-refractivity contribution in [3.8, 4) is 0 Å². The van der Waals surface area contributed by atoms with E-state index in [0.29, 0.717) is 6.71 Å². The van der Waals surface area contributed by atoms with Gasteiger partial charge in [0.15, 0.2) is 16.6 Å². The van der Waals surface area contributed by atoms with E-state index in [9.17, 15) is 0 Å². The van der Waals surface area contributed by atoms with E-state index in [1.54, 1.807) is 64.0 Å². The Morgan fingerprint density at radius 1 is 0.140 bits per heavy atom. The van der Waals surface area contributed by atoms with Crippen LogP contribution in [0.15, 0.2) is 0 Å². The van der Waals surface area contributed by atoms with Crippen molar-refractivity contribution in [3.63, 3.8) is 0 Å². The van der Waals surface area contributed by atoms with Gasteiger partial charge < -0.3 is 43.9 Å². The maximum absolute atomic E-state index is 7.27. The fraction of sp³-hybridized carbons (Fsp3) is 1.00. The highest BCUT2D eigenvalue weighted by Gasteiger charge is 2.42.